The molecule has 7 rings (SSSR count). The number of rotatable bonds is 26. The van der Waals surface area contributed by atoms with Crippen LogP contribution >= 0.6 is 0 Å². The molecule has 412 valence electrons. The first-order valence-corrected chi connectivity index (χ1v) is 26.7. The van der Waals surface area contributed by atoms with Crippen LogP contribution in [0.3, 0.4) is 0 Å². The number of ketones is 1. The van der Waals surface area contributed by atoms with Crippen LogP contribution in [-0.2, 0) is 74.6 Å². The van der Waals surface area contributed by atoms with Crippen LogP contribution in [0.25, 0.3) is 22.3 Å². The zero-order valence-electron chi connectivity index (χ0n) is 44.6. The monoisotopic (exact) mass is 1060 g/mol. The molecule has 19 nitrogen and oxygen atoms in total. The molecule has 6 amide bonds. The van der Waals surface area contributed by atoms with Crippen molar-refractivity contribution in [2.45, 2.75) is 136 Å². The summed E-state index contributed by atoms with van der Waals surface area (Å²) in [6, 6.07) is 10.9. The summed E-state index contributed by atoms with van der Waals surface area (Å²) >= 11 is 0. The van der Waals surface area contributed by atoms with Gasteiger partial charge in [-0.05, 0) is 92.2 Å². The van der Waals surface area contributed by atoms with E-state index in [9.17, 15) is 43.5 Å². The van der Waals surface area contributed by atoms with Gasteiger partial charge < -0.3 is 51.0 Å². The Balaban J connectivity index is 0.879. The summed E-state index contributed by atoms with van der Waals surface area (Å²) in [6.45, 7) is 8.04. The number of nitrogens with zero attached hydrogens (tertiary/aromatic N) is 2. The van der Waals surface area contributed by atoms with Crippen LogP contribution in [0.15, 0.2) is 59.1 Å². The lowest BCUT2D eigenvalue weighted by Crippen LogP contribution is -2.52. The maximum Gasteiger partial charge on any atom is 0.258 e. The Kier molecular flexibility index (Phi) is 19.5. The van der Waals surface area contributed by atoms with Gasteiger partial charge in [-0.1, -0.05) is 63.9 Å². The maximum atomic E-state index is 15.5. The molecule has 2 aromatic heterocycles. The van der Waals surface area contributed by atoms with Gasteiger partial charge >= 0.3 is 0 Å². The van der Waals surface area contributed by atoms with Gasteiger partial charge in [-0.2, -0.15) is 0 Å². The SMILES string of the molecule is C/C=C1\OCc2c(cc3n(c2=O)Cc2c-3nc3cc(F)c(C)c4c3c2[C@@H](CC(=O)COCNC(=O)CNC(=O)[C@H](Cc2ccccc2)NC(=O)CNC(=O)CNC(=O)CCCCCNC(=O)CC(C)CC)CC4)[C@@]1(O)CC. The quantitative estimate of drug-likeness (QED) is 0.0304. The van der Waals surface area contributed by atoms with Gasteiger partial charge in [0.1, 0.15) is 43.2 Å². The van der Waals surface area contributed by atoms with E-state index < -0.39 is 54.2 Å². The summed E-state index contributed by atoms with van der Waals surface area (Å²) < 4.78 is 28.5. The number of amides is 6. The Morgan fingerprint density at radius 2 is 1.64 bits per heavy atom. The van der Waals surface area contributed by atoms with Gasteiger partial charge in [0.05, 0.1) is 48.6 Å². The third-order valence-electron chi connectivity index (χ3n) is 14.8. The van der Waals surface area contributed by atoms with Crippen molar-refractivity contribution < 1.29 is 52.5 Å². The highest BCUT2D eigenvalue weighted by Gasteiger charge is 2.43. The minimum absolute atomic E-state index is 0.00731. The molecule has 7 N–H and O–H groups in total. The largest absolute Gasteiger partial charge is 0.490 e. The molecule has 0 spiro atoms. The van der Waals surface area contributed by atoms with E-state index in [1.54, 1.807) is 60.9 Å². The number of hydrogen-bond acceptors (Lipinski definition) is 12. The van der Waals surface area contributed by atoms with Gasteiger partial charge in [0.15, 0.2) is 5.78 Å². The van der Waals surface area contributed by atoms with Gasteiger partial charge in [-0.25, -0.2) is 9.37 Å². The van der Waals surface area contributed by atoms with Crippen LogP contribution < -0.4 is 37.5 Å². The summed E-state index contributed by atoms with van der Waals surface area (Å²) in [5.74, 6) is -3.21. The van der Waals surface area contributed by atoms with E-state index in [1.165, 1.54) is 6.07 Å². The third kappa shape index (κ3) is 13.8. The number of carbonyl (C=O) groups excluding carboxylic acids is 7. The van der Waals surface area contributed by atoms with Crippen LogP contribution in [0, 0.1) is 18.7 Å². The molecule has 4 aromatic rings. The number of allylic oxidation sites excluding steroid dienone is 1. The number of benzene rings is 2. The average Bonchev–Trinajstić information content (AvgIpc) is 3.95. The first-order chi connectivity index (χ1) is 37.0. The number of carbonyl (C=O) groups is 7. The van der Waals surface area contributed by atoms with Crippen molar-refractivity contribution in [1.82, 2.24) is 41.5 Å². The Labute approximate surface area is 446 Å². The molecule has 3 aliphatic rings. The molecular weight excluding hydrogens is 992 g/mol. The van der Waals surface area contributed by atoms with Gasteiger partial charge in [-0.15, -0.1) is 0 Å². The number of aliphatic hydroxyl groups is 1. The number of halogens is 1. The number of aryl methyl sites for hydroxylation is 1. The van der Waals surface area contributed by atoms with Gasteiger partial charge in [0.2, 0.25) is 35.4 Å². The van der Waals surface area contributed by atoms with Crippen LogP contribution in [0.2, 0.25) is 0 Å². The van der Waals surface area contributed by atoms with Crippen molar-refractivity contribution in [2.75, 3.05) is 39.5 Å². The first kappa shape index (κ1) is 57.4. The molecule has 0 radical (unpaired) electrons. The second-order valence-corrected chi connectivity index (χ2v) is 20.2. The molecule has 0 saturated heterocycles. The summed E-state index contributed by atoms with van der Waals surface area (Å²) in [7, 11) is 0. The fraction of sp³-hybridized carbons (Fsp3) is 0.491. The molecule has 2 aliphatic heterocycles. The predicted octanol–water partition coefficient (Wildman–Crippen LogP) is 4.17. The van der Waals surface area contributed by atoms with Gasteiger partial charge in [0, 0.05) is 54.8 Å². The van der Waals surface area contributed by atoms with E-state index >= 15 is 4.39 Å². The molecule has 4 atom stereocenters. The highest BCUT2D eigenvalue weighted by atomic mass is 19.1. The highest BCUT2D eigenvalue weighted by Crippen LogP contribution is 2.48. The van der Waals surface area contributed by atoms with Crippen molar-refractivity contribution in [3.05, 3.63) is 109 Å². The standard InChI is InChI=1S/C57H71FN8O11/c1-6-33(4)21-48(69)59-20-14-10-13-17-47(68)60-26-49(70)61-28-51(72)64-44(22-35-15-11-9-12-16-35)55(73)62-27-50(71)63-32-76-30-37(67)23-36-18-19-38-34(5)42(58)25-43-53(38)52(36)39-29-66-45(54(39)65-43)24-41-40(56(66)74)31-77-46(7-2)57(41,75)8-3/h7,9,11-12,15-16,24-25,33,36,44,75H,6,8,10,13-14,17-23,26-32H2,1-5H3,(H,59,69)(H,60,68)(H,61,70)(H,62,73)(H,63,71)(H,64,72)/b46-7-/t33?,36-,44+,57+/m1/s1. The fourth-order valence-corrected chi connectivity index (χ4v) is 10.4. The van der Waals surface area contributed by atoms with Crippen LogP contribution in [-0.4, -0.2) is 101 Å². The number of pyridine rings is 2. The minimum atomic E-state index is -1.53. The molecule has 20 heteroatoms. The lowest BCUT2D eigenvalue weighted by Gasteiger charge is -2.36. The number of hydrogen-bond donors (Lipinski definition) is 7. The molecule has 1 unspecified atom stereocenters. The van der Waals surface area contributed by atoms with Crippen LogP contribution in [0.1, 0.15) is 130 Å². The topological polar surface area (TPSA) is 265 Å². The van der Waals surface area contributed by atoms with Crippen LogP contribution in [0.5, 0.6) is 0 Å². The molecule has 1 aliphatic carbocycles. The summed E-state index contributed by atoms with van der Waals surface area (Å²) in [5, 5.41) is 28.1. The molecule has 0 saturated carbocycles. The number of fused-ring (bicyclic) bond motifs is 5. The Hall–Kier alpha value is -7.32. The van der Waals surface area contributed by atoms with Gasteiger partial charge in [-0.3, -0.25) is 38.4 Å². The normalized spacial score (nSPS) is 17.2. The van der Waals surface area contributed by atoms with Crippen molar-refractivity contribution in [1.29, 1.82) is 0 Å². The summed E-state index contributed by atoms with van der Waals surface area (Å²) in [4.78, 5) is 109. The van der Waals surface area contributed by atoms with Crippen molar-refractivity contribution in [3.8, 4) is 11.4 Å². The smallest absolute Gasteiger partial charge is 0.258 e. The minimum Gasteiger partial charge on any atom is -0.490 e. The zero-order chi connectivity index (χ0) is 55.4. The average molecular weight is 1060 g/mol. The molecule has 4 heterocycles. The fourth-order valence-electron chi connectivity index (χ4n) is 10.4. The molecule has 0 bridgehead atoms. The van der Waals surface area contributed by atoms with E-state index in [2.05, 4.69) is 31.9 Å². The summed E-state index contributed by atoms with van der Waals surface area (Å²) in [5.41, 5.74) is 3.96. The van der Waals surface area contributed by atoms with Gasteiger partial charge in [0.25, 0.3) is 5.56 Å². The molecule has 0 fully saturated rings. The van der Waals surface area contributed by atoms with E-state index in [4.69, 9.17) is 14.5 Å². The van der Waals surface area contributed by atoms with Crippen molar-refractivity contribution in [2.24, 2.45) is 5.92 Å². The number of ether oxygens (including phenoxy) is 2. The Morgan fingerprint density at radius 1 is 0.909 bits per heavy atom. The van der Waals surface area contributed by atoms with Crippen LogP contribution in [0.4, 0.5) is 4.39 Å². The predicted molar refractivity (Wildman–Crippen MR) is 284 cm³/mol. The number of aromatic nitrogens is 2. The maximum absolute atomic E-state index is 15.5. The third-order valence-corrected chi connectivity index (χ3v) is 14.8. The first-order valence-electron chi connectivity index (χ1n) is 26.7. The molecule has 2 aromatic carbocycles. The number of nitrogens with one attached hydrogen (secondary N) is 6. The summed E-state index contributed by atoms with van der Waals surface area (Å²) in [6.07, 6.45) is 6.74. The number of Topliss-reactive ketones (excluding diaryl/α,β-unsaturated/α-hetero) is 1. The molecular formula is C57H71FN8O11. The lowest BCUT2D eigenvalue weighted by atomic mass is 9.76. The van der Waals surface area contributed by atoms with Crippen molar-refractivity contribution in [3.63, 3.8) is 0 Å². The van der Waals surface area contributed by atoms with E-state index in [-0.39, 0.29) is 87.8 Å². The zero-order valence-corrected chi connectivity index (χ0v) is 44.6. The second-order valence-electron chi connectivity index (χ2n) is 20.2. The number of unbranched alkanes of at least 4 members (excludes halogenated alkanes) is 2. The van der Waals surface area contributed by atoms with E-state index in [0.29, 0.717) is 77.5 Å². The van der Waals surface area contributed by atoms with Crippen molar-refractivity contribution >= 4 is 52.1 Å². The lowest BCUT2D eigenvalue weighted by molar-refractivity contribution is -0.131. The Bertz CT molecular complexity index is 3000. The highest BCUT2D eigenvalue weighted by molar-refractivity contribution is 5.95. The molecule has 77 heavy (non-hydrogen) atoms. The van der Waals surface area contributed by atoms with E-state index in [1.807, 2.05) is 20.8 Å². The second kappa shape index (κ2) is 26.2. The Morgan fingerprint density at radius 3 is 2.38 bits per heavy atom. The van der Waals surface area contributed by atoms with E-state index in [0.717, 1.165) is 46.9 Å².